The van der Waals surface area contributed by atoms with Gasteiger partial charge < -0.3 is 14.5 Å². The molecule has 20 heavy (non-hydrogen) atoms. The number of H-pyrrole nitrogens is 1. The second-order valence-electron chi connectivity index (χ2n) is 4.87. The third kappa shape index (κ3) is 2.58. The molecule has 0 amide bonds. The van der Waals surface area contributed by atoms with Crippen molar-refractivity contribution < 1.29 is 9.47 Å². The molecule has 1 N–H and O–H groups in total. The number of benzene rings is 1. The Hall–Kier alpha value is -2.14. The van der Waals surface area contributed by atoms with Crippen LogP contribution in [0.25, 0.3) is 0 Å². The molecule has 0 radical (unpaired) electrons. The molecule has 0 bridgehead atoms. The standard InChI is InChI=1S/C15H16N2O3/c1-19-9-12-7-14(18)17-15(16-12)11-6-10-4-2-3-5-13(10)20-8-11/h2-5,7,11H,6,8-9H2,1H3,(H,16,17,18). The summed E-state index contributed by atoms with van der Waals surface area (Å²) in [7, 11) is 1.59. The lowest BCUT2D eigenvalue weighted by Gasteiger charge is -2.24. The number of ether oxygens (including phenoxy) is 2. The fraction of sp³-hybridized carbons (Fsp3) is 0.333. The van der Waals surface area contributed by atoms with Gasteiger partial charge in [0.2, 0.25) is 0 Å². The largest absolute Gasteiger partial charge is 0.493 e. The van der Waals surface area contributed by atoms with E-state index in [4.69, 9.17) is 9.47 Å². The molecule has 5 heteroatoms. The van der Waals surface area contributed by atoms with Crippen molar-refractivity contribution in [1.82, 2.24) is 9.97 Å². The number of nitrogens with zero attached hydrogens (tertiary/aromatic N) is 1. The Morgan fingerprint density at radius 3 is 3.15 bits per heavy atom. The molecule has 1 aliphatic rings. The first-order valence-electron chi connectivity index (χ1n) is 6.56. The van der Waals surface area contributed by atoms with Crippen LogP contribution in [0.5, 0.6) is 5.75 Å². The molecule has 2 aromatic rings. The summed E-state index contributed by atoms with van der Waals surface area (Å²) in [6.07, 6.45) is 0.815. The number of rotatable bonds is 3. The average molecular weight is 272 g/mol. The van der Waals surface area contributed by atoms with E-state index < -0.39 is 0 Å². The minimum atomic E-state index is -0.152. The van der Waals surface area contributed by atoms with Gasteiger partial charge in [-0.05, 0) is 18.1 Å². The van der Waals surface area contributed by atoms with Gasteiger partial charge in [0.25, 0.3) is 5.56 Å². The topological polar surface area (TPSA) is 64.2 Å². The number of aromatic nitrogens is 2. The van der Waals surface area contributed by atoms with E-state index in [-0.39, 0.29) is 11.5 Å². The molecule has 0 spiro atoms. The number of aromatic amines is 1. The van der Waals surface area contributed by atoms with Gasteiger partial charge in [0.05, 0.1) is 24.8 Å². The van der Waals surface area contributed by atoms with E-state index in [1.165, 1.54) is 6.07 Å². The van der Waals surface area contributed by atoms with Gasteiger partial charge in [-0.15, -0.1) is 0 Å². The Kier molecular flexibility index (Phi) is 3.52. The Morgan fingerprint density at radius 1 is 1.45 bits per heavy atom. The highest BCUT2D eigenvalue weighted by molar-refractivity contribution is 5.36. The average Bonchev–Trinajstić information content (AvgIpc) is 2.46. The molecule has 5 nitrogen and oxygen atoms in total. The monoisotopic (exact) mass is 272 g/mol. The zero-order chi connectivity index (χ0) is 13.9. The van der Waals surface area contributed by atoms with Crippen LogP contribution in [0.1, 0.15) is 23.0 Å². The van der Waals surface area contributed by atoms with Gasteiger partial charge in [-0.1, -0.05) is 18.2 Å². The van der Waals surface area contributed by atoms with Crippen LogP contribution in [0.2, 0.25) is 0 Å². The molecule has 104 valence electrons. The molecule has 0 saturated heterocycles. The van der Waals surface area contributed by atoms with Crippen molar-refractivity contribution in [1.29, 1.82) is 0 Å². The van der Waals surface area contributed by atoms with Gasteiger partial charge in [-0.3, -0.25) is 4.79 Å². The van der Waals surface area contributed by atoms with E-state index in [1.807, 2.05) is 24.3 Å². The van der Waals surface area contributed by atoms with Crippen LogP contribution >= 0.6 is 0 Å². The number of hydrogen-bond acceptors (Lipinski definition) is 4. The Labute approximate surface area is 116 Å². The summed E-state index contributed by atoms with van der Waals surface area (Å²) in [6.45, 7) is 0.859. The van der Waals surface area contributed by atoms with Crippen molar-refractivity contribution in [3.8, 4) is 5.75 Å². The zero-order valence-corrected chi connectivity index (χ0v) is 11.3. The third-order valence-corrected chi connectivity index (χ3v) is 3.37. The Balaban J connectivity index is 1.89. The van der Waals surface area contributed by atoms with Gasteiger partial charge in [0, 0.05) is 13.2 Å². The SMILES string of the molecule is COCc1cc(=O)[nH]c(C2COc3ccccc3C2)n1. The van der Waals surface area contributed by atoms with Gasteiger partial charge in [0.15, 0.2) is 0 Å². The molecular weight excluding hydrogens is 256 g/mol. The molecule has 0 fully saturated rings. The maximum atomic E-state index is 11.7. The molecular formula is C15H16N2O3. The highest BCUT2D eigenvalue weighted by Gasteiger charge is 2.23. The number of para-hydroxylation sites is 1. The van der Waals surface area contributed by atoms with Crippen LogP contribution in [-0.4, -0.2) is 23.7 Å². The first-order valence-corrected chi connectivity index (χ1v) is 6.56. The number of fused-ring (bicyclic) bond motifs is 1. The normalized spacial score (nSPS) is 17.4. The highest BCUT2D eigenvalue weighted by Crippen LogP contribution is 2.30. The molecule has 3 rings (SSSR count). The minimum absolute atomic E-state index is 0.0643. The van der Waals surface area contributed by atoms with Gasteiger partial charge >= 0.3 is 0 Å². The van der Waals surface area contributed by atoms with E-state index in [0.717, 1.165) is 17.7 Å². The van der Waals surface area contributed by atoms with Gasteiger partial charge in [-0.2, -0.15) is 0 Å². The zero-order valence-electron chi connectivity index (χ0n) is 11.3. The van der Waals surface area contributed by atoms with Crippen molar-refractivity contribution in [3.63, 3.8) is 0 Å². The van der Waals surface area contributed by atoms with Crippen LogP contribution in [0.3, 0.4) is 0 Å². The second kappa shape index (κ2) is 5.46. The highest BCUT2D eigenvalue weighted by atomic mass is 16.5. The van der Waals surface area contributed by atoms with Gasteiger partial charge in [0.1, 0.15) is 11.6 Å². The summed E-state index contributed by atoms with van der Waals surface area (Å²) in [5, 5.41) is 0. The fourth-order valence-corrected chi connectivity index (χ4v) is 2.45. The molecule has 0 saturated carbocycles. The number of nitrogens with one attached hydrogen (secondary N) is 1. The summed E-state index contributed by atoms with van der Waals surface area (Å²) in [5.41, 5.74) is 1.63. The summed E-state index contributed by atoms with van der Waals surface area (Å²) in [4.78, 5) is 18.9. The molecule has 1 aromatic carbocycles. The van der Waals surface area contributed by atoms with E-state index in [1.54, 1.807) is 7.11 Å². The summed E-state index contributed by atoms with van der Waals surface area (Å²) in [6, 6.07) is 9.41. The van der Waals surface area contributed by atoms with Crippen LogP contribution in [0.15, 0.2) is 35.1 Å². The van der Waals surface area contributed by atoms with Crippen molar-refractivity contribution >= 4 is 0 Å². The van der Waals surface area contributed by atoms with Crippen LogP contribution < -0.4 is 10.3 Å². The molecule has 0 aliphatic carbocycles. The summed E-state index contributed by atoms with van der Waals surface area (Å²) in [5.74, 6) is 1.65. The quantitative estimate of drug-likeness (QED) is 0.922. The number of methoxy groups -OCH3 is 1. The molecule has 1 aliphatic heterocycles. The smallest absolute Gasteiger partial charge is 0.251 e. The van der Waals surface area contributed by atoms with E-state index in [0.29, 0.717) is 24.7 Å². The Morgan fingerprint density at radius 2 is 2.30 bits per heavy atom. The third-order valence-electron chi connectivity index (χ3n) is 3.37. The van der Waals surface area contributed by atoms with Crippen LogP contribution in [0, 0.1) is 0 Å². The minimum Gasteiger partial charge on any atom is -0.493 e. The lowest BCUT2D eigenvalue weighted by atomic mass is 9.96. The lowest BCUT2D eigenvalue weighted by molar-refractivity contribution is 0.180. The van der Waals surface area contributed by atoms with Crippen molar-refractivity contribution in [2.45, 2.75) is 18.9 Å². The lowest BCUT2D eigenvalue weighted by Crippen LogP contribution is -2.24. The van der Waals surface area contributed by atoms with E-state index in [9.17, 15) is 4.79 Å². The van der Waals surface area contributed by atoms with Crippen LogP contribution in [-0.2, 0) is 17.8 Å². The maximum absolute atomic E-state index is 11.7. The Bertz CT molecular complexity index is 666. The second-order valence-corrected chi connectivity index (χ2v) is 4.87. The van der Waals surface area contributed by atoms with Crippen molar-refractivity contribution in [2.24, 2.45) is 0 Å². The molecule has 2 heterocycles. The van der Waals surface area contributed by atoms with Gasteiger partial charge in [-0.25, -0.2) is 4.98 Å². The predicted octanol–water partition coefficient (Wildman–Crippen LogP) is 1.63. The molecule has 1 atom stereocenters. The number of hydrogen-bond donors (Lipinski definition) is 1. The van der Waals surface area contributed by atoms with Crippen molar-refractivity contribution in [2.75, 3.05) is 13.7 Å². The van der Waals surface area contributed by atoms with Crippen molar-refractivity contribution in [3.05, 3.63) is 57.8 Å². The maximum Gasteiger partial charge on any atom is 0.251 e. The molecule has 1 aromatic heterocycles. The summed E-state index contributed by atoms with van der Waals surface area (Å²) < 4.78 is 10.8. The van der Waals surface area contributed by atoms with E-state index >= 15 is 0 Å². The molecule has 1 unspecified atom stereocenters. The van der Waals surface area contributed by atoms with Crippen LogP contribution in [0.4, 0.5) is 0 Å². The summed E-state index contributed by atoms with van der Waals surface area (Å²) >= 11 is 0. The predicted molar refractivity (Wildman–Crippen MR) is 74.0 cm³/mol. The first-order chi connectivity index (χ1) is 9.76. The fourth-order valence-electron chi connectivity index (χ4n) is 2.45. The first kappa shape index (κ1) is 12.9. The van der Waals surface area contributed by atoms with E-state index in [2.05, 4.69) is 9.97 Å².